The van der Waals surface area contributed by atoms with Crippen molar-refractivity contribution in [2.24, 2.45) is 0 Å². The zero-order chi connectivity index (χ0) is 105. The first-order chi connectivity index (χ1) is 71.7. The summed E-state index contributed by atoms with van der Waals surface area (Å²) >= 11 is 0. The third kappa shape index (κ3) is 28.5. The van der Waals surface area contributed by atoms with E-state index in [2.05, 4.69) is 124 Å². The van der Waals surface area contributed by atoms with Crippen molar-refractivity contribution in [3.63, 3.8) is 0 Å². The lowest BCUT2D eigenvalue weighted by atomic mass is 10.0. The molecule has 36 nitrogen and oxygen atoms in total. The molecule has 1 unspecified atom stereocenters. The molecule has 0 saturated heterocycles. The van der Waals surface area contributed by atoms with E-state index >= 15 is 0 Å². The molecule has 1 atom stereocenters. The van der Waals surface area contributed by atoms with Crippen LogP contribution in [0.3, 0.4) is 0 Å². The summed E-state index contributed by atoms with van der Waals surface area (Å²) in [5.74, 6) is -1.04. The molecule has 13 aromatic rings. The summed E-state index contributed by atoms with van der Waals surface area (Å²) in [4.78, 5) is 68.6. The van der Waals surface area contributed by atoms with Crippen LogP contribution in [0.5, 0.6) is 28.7 Å². The van der Waals surface area contributed by atoms with E-state index in [1.165, 1.54) is 12.3 Å². The highest BCUT2D eigenvalue weighted by Crippen LogP contribution is 2.42. The minimum atomic E-state index is -0.875. The molecule has 36 heteroatoms. The lowest BCUT2D eigenvalue weighted by molar-refractivity contribution is -0.141. The Morgan fingerprint density at radius 1 is 0.358 bits per heavy atom. The Bertz CT molecular complexity index is 6840. The summed E-state index contributed by atoms with van der Waals surface area (Å²) < 4.78 is 40.4. The third-order valence-corrected chi connectivity index (χ3v) is 22.9. The second kappa shape index (κ2) is 50.7. The maximum atomic E-state index is 12.3. The lowest BCUT2D eigenvalue weighted by Gasteiger charge is -2.22. The number of aryl methyl sites for hydroxylation is 4. The lowest BCUT2D eigenvalue weighted by Crippen LogP contribution is -2.30. The first kappa shape index (κ1) is 104. The van der Waals surface area contributed by atoms with Crippen molar-refractivity contribution in [3.8, 4) is 28.7 Å². The number of esters is 6. The van der Waals surface area contributed by atoms with Gasteiger partial charge in [-0.2, -0.15) is 30.7 Å². The highest BCUT2D eigenvalue weighted by atomic mass is 16.7. The molecule has 0 aliphatic carbocycles. The summed E-state index contributed by atoms with van der Waals surface area (Å²) in [7, 11) is 0. The van der Waals surface area contributed by atoms with Gasteiger partial charge in [-0.1, -0.05) is 155 Å². The SMILES string of the molecule is C=C(C)C(=O)OCCc1ccc(O)c(N2Nc3ccccc3N2)c1.C=CC(=O)OCC(O)c1ccc(N2Nc3ccccc3N2)cc1C.C=CC(=O)OCCc1ccc(N2Nc3ccccc3N2)cc1C.C=CC(=O)OCCc1ccc(O)c(N2Nc3ccccc3N2)c1.C=COC(=O)Cc1ccc(C)cc1N1Nc2ccccc2N1.C=COCOc1ccc(OC(=O)CCc2ccc(O)c(N3Nc4ccccc4N3)c2)cc1. The van der Waals surface area contributed by atoms with Crippen molar-refractivity contribution in [3.05, 3.63) is 405 Å². The van der Waals surface area contributed by atoms with E-state index in [1.807, 2.05) is 235 Å². The van der Waals surface area contributed by atoms with Gasteiger partial charge < -0.3 is 58.3 Å². The number of phenols is 3. The van der Waals surface area contributed by atoms with Gasteiger partial charge in [-0.3, -0.25) is 74.7 Å². The molecule has 0 radical (unpaired) electrons. The summed E-state index contributed by atoms with van der Waals surface area (Å²) in [5, 5.41) is 51.2. The van der Waals surface area contributed by atoms with Gasteiger partial charge in [0.15, 0.2) is 0 Å². The molecule has 16 N–H and O–H groups in total. The predicted octanol–water partition coefficient (Wildman–Crippen LogP) is 20.4. The number of fused-ring (bicyclic) bond motifs is 6. The van der Waals surface area contributed by atoms with E-state index in [0.29, 0.717) is 72.0 Å². The average molecular weight is 2000 g/mol. The molecule has 0 amide bonds. The molecule has 6 aliphatic heterocycles. The van der Waals surface area contributed by atoms with E-state index in [0.717, 1.165) is 148 Å². The van der Waals surface area contributed by atoms with Gasteiger partial charge in [0, 0.05) is 49.5 Å². The zero-order valence-corrected chi connectivity index (χ0v) is 81.7. The molecule has 6 aliphatic rings. The van der Waals surface area contributed by atoms with Crippen LogP contribution >= 0.6 is 0 Å². The first-order valence-corrected chi connectivity index (χ1v) is 46.9. The highest BCUT2D eigenvalue weighted by molar-refractivity contribution is 5.89. The highest BCUT2D eigenvalue weighted by Gasteiger charge is 2.29. The number of carbonyl (C=O) groups is 6. The Hall–Kier alpha value is -19.5. The quantitative estimate of drug-likeness (QED) is 0.00345. The number of carbonyl (C=O) groups excluding carboxylic acids is 6. The van der Waals surface area contributed by atoms with Crippen molar-refractivity contribution in [2.75, 3.05) is 129 Å². The fraction of sp³-hybridized carbons (Fsp3) is 0.143. The van der Waals surface area contributed by atoms with E-state index in [4.69, 9.17) is 37.9 Å². The molecule has 6 heterocycles. The fourth-order valence-electron chi connectivity index (χ4n) is 15.3. The van der Waals surface area contributed by atoms with Gasteiger partial charge in [0.25, 0.3) is 0 Å². The van der Waals surface area contributed by atoms with E-state index in [9.17, 15) is 49.2 Å². The number of para-hydroxylation sites is 12. The normalized spacial score (nSPS) is 12.2. The van der Waals surface area contributed by atoms with Crippen LogP contribution in [-0.2, 0) is 89.3 Å². The van der Waals surface area contributed by atoms with Crippen molar-refractivity contribution >= 4 is 138 Å². The van der Waals surface area contributed by atoms with Gasteiger partial charge >= 0.3 is 35.8 Å². The number of nitrogens with one attached hydrogen (secondary N) is 12. The molecular formula is C112H114N18O18. The smallest absolute Gasteiger partial charge is 0.333 e. The summed E-state index contributed by atoms with van der Waals surface area (Å²) in [6, 6.07) is 87.3. The number of aromatic hydroxyl groups is 3. The van der Waals surface area contributed by atoms with Crippen molar-refractivity contribution in [2.45, 2.75) is 72.3 Å². The van der Waals surface area contributed by atoms with Crippen LogP contribution in [-0.4, -0.2) is 89.5 Å². The van der Waals surface area contributed by atoms with Gasteiger partial charge in [-0.25, -0.2) is 19.2 Å². The number of hydrogen-bond donors (Lipinski definition) is 16. The molecule has 0 aromatic heterocycles. The number of phenolic OH excluding ortho intramolecular Hbond substituents is 3. The van der Waals surface area contributed by atoms with Gasteiger partial charge in [-0.05, 0) is 248 Å². The maximum Gasteiger partial charge on any atom is 0.333 e. The second-order valence-corrected chi connectivity index (χ2v) is 33.5. The van der Waals surface area contributed by atoms with Gasteiger partial charge in [0.1, 0.15) is 58.5 Å². The summed E-state index contributed by atoms with van der Waals surface area (Å²) in [6.45, 7) is 28.9. The van der Waals surface area contributed by atoms with Gasteiger partial charge in [0.2, 0.25) is 6.79 Å². The molecule has 148 heavy (non-hydrogen) atoms. The average Bonchev–Trinajstić information content (AvgIpc) is 1.65. The number of hydrazine groups is 12. The molecule has 0 fully saturated rings. The van der Waals surface area contributed by atoms with E-state index < -0.39 is 24.0 Å². The van der Waals surface area contributed by atoms with Crippen LogP contribution in [0, 0.1) is 20.8 Å². The van der Waals surface area contributed by atoms with Crippen LogP contribution in [0.1, 0.15) is 69.5 Å². The van der Waals surface area contributed by atoms with Crippen LogP contribution in [0.25, 0.3) is 0 Å². The van der Waals surface area contributed by atoms with Crippen molar-refractivity contribution in [1.82, 2.24) is 0 Å². The molecule has 760 valence electrons. The topological polar surface area (TPSA) is 421 Å². The van der Waals surface area contributed by atoms with Crippen LogP contribution in [0.15, 0.2) is 355 Å². The zero-order valence-electron chi connectivity index (χ0n) is 81.7. The molecule has 0 saturated carbocycles. The van der Waals surface area contributed by atoms with Crippen molar-refractivity contribution in [1.29, 1.82) is 0 Å². The second-order valence-electron chi connectivity index (χ2n) is 33.5. The van der Waals surface area contributed by atoms with Crippen molar-refractivity contribution < 1.29 is 87.1 Å². The number of anilines is 18. The largest absolute Gasteiger partial charge is 0.506 e. The molecule has 0 spiro atoms. The Morgan fingerprint density at radius 2 is 0.716 bits per heavy atom. The first-order valence-electron chi connectivity index (χ1n) is 46.9. The van der Waals surface area contributed by atoms with Crippen LogP contribution < -0.4 is 105 Å². The van der Waals surface area contributed by atoms with E-state index in [1.54, 1.807) is 82.9 Å². The van der Waals surface area contributed by atoms with Gasteiger partial charge in [-0.15, -0.1) is 0 Å². The Balaban J connectivity index is 0.000000141. The Morgan fingerprint density at radius 3 is 1.10 bits per heavy atom. The minimum absolute atomic E-state index is 0.0613. The number of hydrogen-bond acceptors (Lipinski definition) is 36. The number of aliphatic hydroxyl groups excluding tert-OH is 1. The summed E-state index contributed by atoms with van der Waals surface area (Å²) in [6.07, 6.45) is 7.58. The number of nitrogens with zero attached hydrogens (tertiary/aromatic N) is 6. The number of benzene rings is 13. The molecule has 19 rings (SSSR count). The predicted molar refractivity (Wildman–Crippen MR) is 577 cm³/mol. The van der Waals surface area contributed by atoms with Crippen LogP contribution in [0.2, 0.25) is 0 Å². The third-order valence-electron chi connectivity index (χ3n) is 22.9. The Kier molecular flexibility index (Phi) is 35.8. The van der Waals surface area contributed by atoms with Gasteiger partial charge in [0.05, 0.1) is 124 Å². The molecular weight excluding hydrogens is 1890 g/mol. The molecule has 13 aromatic carbocycles. The number of rotatable bonds is 33. The minimum Gasteiger partial charge on any atom is -0.506 e. The maximum absolute atomic E-state index is 12.3. The Labute approximate surface area is 855 Å². The monoisotopic (exact) mass is 2000 g/mol. The number of aliphatic hydroxyl groups is 1. The fourth-order valence-corrected chi connectivity index (χ4v) is 15.3. The van der Waals surface area contributed by atoms with Crippen LogP contribution in [0.4, 0.5) is 102 Å². The molecule has 0 bridgehead atoms. The summed E-state index contributed by atoms with van der Waals surface area (Å²) in [5.41, 5.74) is 63.9. The standard InChI is InChI=1S/C24H23N3O5.2C18H19N3O3.C18H19N3O2.C17H17N3O3.C17H17N3O2/c1-2-30-16-31-18-9-11-19(12-10-18)32-24(29)14-8-17-7-13-23(28)22(15-17)27-25-20-5-3-4-6-21(20)26-27;1-12(2)18(23)24-10-9-13-7-8-17(22)16(11-13)21-19-14-5-3-4-6-15(14)20-21;1-3-18(23)24-11-17(22)14-9-8-13(10-12(14)2)21-19-15-6-4-5-7-16(15)20-21;1-3-18(22)23-11-10-14-8-9-15(12-13(14)2)21-19-16-6-4-5-7-17(16)20-21;1-2-17(22)23-10-9-12-7-8-16(21)15(11-12)20-18-13-5-3-4-6-14(13)19-20;1-3-22-17(21)11-13-9-8-12(2)10-16(13)20-18-14-6-4-5-7-15(14)19-20/h2-7,9-13,15,25-26,28H,1,8,14,16H2;3-8,11,19-20,22H,1,9-10H2,2H3;3-10,17,19-20,22H,1,11H2,2H3;3-9,12,19-20H,1,10-11H2,2H3;2-8,11,18-19,21H,1,9-10H2;3-10,18-19H,1,11H2,2H3. The van der Waals surface area contributed by atoms with E-state index in [-0.39, 0.29) is 74.6 Å². The number of ether oxygens (including phenoxy) is 8.